The van der Waals surface area contributed by atoms with Crippen molar-refractivity contribution in [1.82, 2.24) is 19.7 Å². The minimum atomic E-state index is 0.396. The van der Waals surface area contributed by atoms with Crippen molar-refractivity contribution in [3.63, 3.8) is 0 Å². The lowest BCUT2D eigenvalue weighted by Gasteiger charge is -2.03. The molecule has 5 nitrogen and oxygen atoms in total. The Kier molecular flexibility index (Phi) is 2.71. The van der Waals surface area contributed by atoms with E-state index in [0.29, 0.717) is 6.04 Å². The molecule has 2 aromatic rings. The lowest BCUT2D eigenvalue weighted by molar-refractivity contribution is 0.532. The Labute approximate surface area is 88.5 Å². The molecule has 0 fully saturated rings. The summed E-state index contributed by atoms with van der Waals surface area (Å²) < 4.78 is 1.93. The number of hydrogen-bond donors (Lipinski definition) is 2. The second kappa shape index (κ2) is 4.16. The van der Waals surface area contributed by atoms with Crippen LogP contribution in [-0.4, -0.2) is 19.7 Å². The molecule has 0 saturated heterocycles. The third kappa shape index (κ3) is 2.37. The first kappa shape index (κ1) is 9.76. The van der Waals surface area contributed by atoms with E-state index >= 15 is 0 Å². The van der Waals surface area contributed by atoms with E-state index < -0.39 is 0 Å². The summed E-state index contributed by atoms with van der Waals surface area (Å²) in [5.41, 5.74) is 2.09. The number of nitrogens with zero attached hydrogens (tertiary/aromatic N) is 3. The van der Waals surface area contributed by atoms with Crippen molar-refractivity contribution in [3.05, 3.63) is 30.6 Å². The van der Waals surface area contributed by atoms with Crippen LogP contribution in [-0.2, 0) is 6.54 Å². The van der Waals surface area contributed by atoms with Gasteiger partial charge in [-0.2, -0.15) is 5.10 Å². The first-order chi connectivity index (χ1) is 7.25. The summed E-state index contributed by atoms with van der Waals surface area (Å²) in [5.74, 6) is 0. The van der Waals surface area contributed by atoms with Crippen molar-refractivity contribution in [3.8, 4) is 0 Å². The van der Waals surface area contributed by atoms with Crippen LogP contribution < -0.4 is 5.32 Å². The molecule has 0 saturated carbocycles. The van der Waals surface area contributed by atoms with Crippen LogP contribution in [0, 0.1) is 0 Å². The number of rotatable bonds is 4. The fraction of sp³-hybridized carbons (Fsp3) is 0.400. The number of hydrogen-bond acceptors (Lipinski definition) is 3. The average molecular weight is 205 g/mol. The monoisotopic (exact) mass is 205 g/mol. The van der Waals surface area contributed by atoms with Gasteiger partial charge in [-0.1, -0.05) is 0 Å². The smallest absolute Gasteiger partial charge is 0.0922 e. The maximum absolute atomic E-state index is 4.24. The number of anilines is 1. The molecule has 15 heavy (non-hydrogen) atoms. The maximum atomic E-state index is 4.24. The Balaban J connectivity index is 1.94. The van der Waals surface area contributed by atoms with Gasteiger partial charge >= 0.3 is 0 Å². The predicted octanol–water partition coefficient (Wildman–Crippen LogP) is 1.80. The molecule has 0 atom stereocenters. The highest BCUT2D eigenvalue weighted by Crippen LogP contribution is 2.10. The van der Waals surface area contributed by atoms with Crippen molar-refractivity contribution in [2.45, 2.75) is 26.4 Å². The quantitative estimate of drug-likeness (QED) is 0.800. The summed E-state index contributed by atoms with van der Waals surface area (Å²) in [7, 11) is 0. The molecule has 80 valence electrons. The number of aromatic nitrogens is 4. The van der Waals surface area contributed by atoms with E-state index in [1.165, 1.54) is 0 Å². The molecule has 2 rings (SSSR count). The molecule has 2 aromatic heterocycles. The summed E-state index contributed by atoms with van der Waals surface area (Å²) >= 11 is 0. The average Bonchev–Trinajstić information content (AvgIpc) is 2.86. The normalized spacial score (nSPS) is 10.9. The fourth-order valence-electron chi connectivity index (χ4n) is 1.29. The highest BCUT2D eigenvalue weighted by Gasteiger charge is 2.01. The lowest BCUT2D eigenvalue weighted by Crippen LogP contribution is -2.01. The van der Waals surface area contributed by atoms with Crippen LogP contribution >= 0.6 is 0 Å². The summed E-state index contributed by atoms with van der Waals surface area (Å²) in [6.07, 6.45) is 7.31. The van der Waals surface area contributed by atoms with Crippen LogP contribution in [0.4, 0.5) is 5.69 Å². The Morgan fingerprint density at radius 3 is 2.93 bits per heavy atom. The van der Waals surface area contributed by atoms with E-state index in [1.54, 1.807) is 12.5 Å². The SMILES string of the molecule is CC(C)n1cc(NCc2cnc[nH]2)cn1. The Bertz CT molecular complexity index is 401. The summed E-state index contributed by atoms with van der Waals surface area (Å²) in [6, 6.07) is 0.396. The fourth-order valence-corrected chi connectivity index (χ4v) is 1.29. The second-order valence-corrected chi connectivity index (χ2v) is 3.73. The van der Waals surface area contributed by atoms with Crippen LogP contribution in [0.1, 0.15) is 25.6 Å². The van der Waals surface area contributed by atoms with Crippen molar-refractivity contribution in [2.75, 3.05) is 5.32 Å². The van der Waals surface area contributed by atoms with E-state index in [2.05, 4.69) is 34.2 Å². The molecule has 0 amide bonds. The molecule has 0 aromatic carbocycles. The summed E-state index contributed by atoms with van der Waals surface area (Å²) in [6.45, 7) is 4.95. The van der Waals surface area contributed by atoms with Crippen LogP contribution in [0.3, 0.4) is 0 Å². The number of H-pyrrole nitrogens is 1. The zero-order valence-electron chi connectivity index (χ0n) is 8.94. The molecule has 0 aliphatic heterocycles. The number of aromatic amines is 1. The molecule has 0 spiro atoms. The highest BCUT2D eigenvalue weighted by molar-refractivity contribution is 5.38. The standard InChI is InChI=1S/C10H15N5/c1-8(2)15-6-10(5-14-15)12-4-9-3-11-7-13-9/h3,5-8,12H,4H2,1-2H3,(H,11,13). The van der Waals surface area contributed by atoms with E-state index in [0.717, 1.165) is 17.9 Å². The molecular weight excluding hydrogens is 190 g/mol. The molecule has 2 heterocycles. The lowest BCUT2D eigenvalue weighted by atomic mass is 10.4. The van der Waals surface area contributed by atoms with Crippen LogP contribution in [0.15, 0.2) is 24.9 Å². The Morgan fingerprint density at radius 2 is 2.33 bits per heavy atom. The first-order valence-corrected chi connectivity index (χ1v) is 5.01. The zero-order chi connectivity index (χ0) is 10.7. The van der Waals surface area contributed by atoms with Crippen molar-refractivity contribution in [2.24, 2.45) is 0 Å². The minimum Gasteiger partial charge on any atom is -0.377 e. The van der Waals surface area contributed by atoms with Gasteiger partial charge in [0.1, 0.15) is 0 Å². The van der Waals surface area contributed by atoms with E-state index in [9.17, 15) is 0 Å². The minimum absolute atomic E-state index is 0.396. The van der Waals surface area contributed by atoms with Crippen LogP contribution in [0.2, 0.25) is 0 Å². The number of nitrogens with one attached hydrogen (secondary N) is 2. The van der Waals surface area contributed by atoms with E-state index in [-0.39, 0.29) is 0 Å². The van der Waals surface area contributed by atoms with Gasteiger partial charge in [-0.25, -0.2) is 4.98 Å². The first-order valence-electron chi connectivity index (χ1n) is 5.01. The van der Waals surface area contributed by atoms with Crippen molar-refractivity contribution < 1.29 is 0 Å². The maximum Gasteiger partial charge on any atom is 0.0922 e. The van der Waals surface area contributed by atoms with Gasteiger partial charge in [-0.05, 0) is 13.8 Å². The molecule has 0 unspecified atom stereocenters. The molecule has 0 aliphatic rings. The second-order valence-electron chi connectivity index (χ2n) is 3.73. The van der Waals surface area contributed by atoms with Gasteiger partial charge in [0.15, 0.2) is 0 Å². The van der Waals surface area contributed by atoms with Gasteiger partial charge in [0, 0.05) is 18.4 Å². The topological polar surface area (TPSA) is 58.5 Å². The molecular formula is C10H15N5. The summed E-state index contributed by atoms with van der Waals surface area (Å²) in [4.78, 5) is 6.99. The third-order valence-electron chi connectivity index (χ3n) is 2.17. The molecule has 0 bridgehead atoms. The van der Waals surface area contributed by atoms with Gasteiger partial charge < -0.3 is 10.3 Å². The van der Waals surface area contributed by atoms with Gasteiger partial charge in [-0.15, -0.1) is 0 Å². The Hall–Kier alpha value is -1.78. The van der Waals surface area contributed by atoms with Gasteiger partial charge in [0.25, 0.3) is 0 Å². The third-order valence-corrected chi connectivity index (χ3v) is 2.17. The van der Waals surface area contributed by atoms with Gasteiger partial charge in [-0.3, -0.25) is 4.68 Å². The highest BCUT2D eigenvalue weighted by atomic mass is 15.3. The van der Waals surface area contributed by atoms with E-state index in [1.807, 2.05) is 17.1 Å². The van der Waals surface area contributed by atoms with Crippen LogP contribution in [0.5, 0.6) is 0 Å². The van der Waals surface area contributed by atoms with Gasteiger partial charge in [0.2, 0.25) is 0 Å². The molecule has 2 N–H and O–H groups in total. The predicted molar refractivity (Wildman–Crippen MR) is 58.5 cm³/mol. The Morgan fingerprint density at radius 1 is 1.47 bits per heavy atom. The van der Waals surface area contributed by atoms with Crippen molar-refractivity contribution >= 4 is 5.69 Å². The van der Waals surface area contributed by atoms with Gasteiger partial charge in [0.05, 0.1) is 30.5 Å². The molecule has 5 heteroatoms. The largest absolute Gasteiger partial charge is 0.377 e. The summed E-state index contributed by atoms with van der Waals surface area (Å²) in [5, 5.41) is 7.51. The number of imidazole rings is 1. The van der Waals surface area contributed by atoms with Crippen LogP contribution in [0.25, 0.3) is 0 Å². The van der Waals surface area contributed by atoms with E-state index in [4.69, 9.17) is 0 Å². The molecule has 0 aliphatic carbocycles. The molecule has 0 radical (unpaired) electrons. The zero-order valence-corrected chi connectivity index (χ0v) is 8.94. The van der Waals surface area contributed by atoms with Crippen molar-refractivity contribution in [1.29, 1.82) is 0 Å².